The van der Waals surface area contributed by atoms with Gasteiger partial charge in [-0.3, -0.25) is 4.79 Å². The first-order valence-corrected chi connectivity index (χ1v) is 7.16. The van der Waals surface area contributed by atoms with Crippen LogP contribution in [0.2, 0.25) is 0 Å². The van der Waals surface area contributed by atoms with Crippen LogP contribution in [0.25, 0.3) is 16.6 Å². The molecule has 2 aromatic carbocycles. The lowest BCUT2D eigenvalue weighted by atomic mass is 10.1. The number of halogens is 3. The van der Waals surface area contributed by atoms with E-state index in [9.17, 15) is 27.9 Å². The summed E-state index contributed by atoms with van der Waals surface area (Å²) in [4.78, 5) is 23.7. The van der Waals surface area contributed by atoms with E-state index in [1.165, 1.54) is 13.2 Å². The number of carboxylic acid groups (broad SMARTS) is 1. The molecule has 26 heavy (non-hydrogen) atoms. The zero-order valence-electron chi connectivity index (χ0n) is 13.2. The summed E-state index contributed by atoms with van der Waals surface area (Å²) in [6.07, 6.45) is 0.916. The number of ether oxygens (including phenoxy) is 1. The number of fused-ring (bicyclic) bond motifs is 1. The second-order valence-corrected chi connectivity index (χ2v) is 5.34. The Morgan fingerprint density at radius 1 is 1.15 bits per heavy atom. The summed E-state index contributed by atoms with van der Waals surface area (Å²) in [5.41, 5.74) is 3.50. The second kappa shape index (κ2) is 6.10. The highest BCUT2D eigenvalue weighted by molar-refractivity contribution is 5.93. The lowest BCUT2D eigenvalue weighted by molar-refractivity contribution is 0.0695. The van der Waals surface area contributed by atoms with Crippen molar-refractivity contribution in [2.45, 2.75) is 0 Å². The minimum absolute atomic E-state index is 0.0462. The highest BCUT2D eigenvalue weighted by Crippen LogP contribution is 2.33. The van der Waals surface area contributed by atoms with Crippen LogP contribution in [0, 0.1) is 17.5 Å². The quantitative estimate of drug-likeness (QED) is 0.697. The van der Waals surface area contributed by atoms with Gasteiger partial charge in [0.2, 0.25) is 5.43 Å². The van der Waals surface area contributed by atoms with Crippen LogP contribution in [0.4, 0.5) is 18.9 Å². The van der Waals surface area contributed by atoms with Crippen LogP contribution >= 0.6 is 0 Å². The number of anilines is 1. The first-order chi connectivity index (χ1) is 12.3. The Morgan fingerprint density at radius 3 is 2.42 bits per heavy atom. The molecule has 0 saturated heterocycles. The molecule has 1 aromatic heterocycles. The SMILES string of the molecule is COc1c(-n2cc(C(=O)O)c(=O)c3cc(F)c(F)cc32)ccc(F)c1N. The summed E-state index contributed by atoms with van der Waals surface area (Å²) in [6, 6.07) is 3.55. The molecule has 6 nitrogen and oxygen atoms in total. The number of hydrogen-bond donors (Lipinski definition) is 2. The zero-order chi connectivity index (χ0) is 19.2. The van der Waals surface area contributed by atoms with Gasteiger partial charge in [0.1, 0.15) is 17.1 Å². The van der Waals surface area contributed by atoms with Gasteiger partial charge in [0.15, 0.2) is 17.4 Å². The summed E-state index contributed by atoms with van der Waals surface area (Å²) in [5, 5.41) is 8.88. The monoisotopic (exact) mass is 364 g/mol. The molecular formula is C17H11F3N2O4. The summed E-state index contributed by atoms with van der Waals surface area (Å²) >= 11 is 0. The third-order valence-corrected chi connectivity index (χ3v) is 3.86. The number of carboxylic acids is 1. The fraction of sp³-hybridized carbons (Fsp3) is 0.0588. The topological polar surface area (TPSA) is 94.5 Å². The highest BCUT2D eigenvalue weighted by atomic mass is 19.2. The maximum Gasteiger partial charge on any atom is 0.341 e. The van der Waals surface area contributed by atoms with Gasteiger partial charge in [0, 0.05) is 12.3 Å². The fourth-order valence-corrected chi connectivity index (χ4v) is 2.64. The first kappa shape index (κ1) is 17.3. The summed E-state index contributed by atoms with van der Waals surface area (Å²) < 4.78 is 47.2. The largest absolute Gasteiger partial charge is 0.492 e. The van der Waals surface area contributed by atoms with E-state index >= 15 is 0 Å². The second-order valence-electron chi connectivity index (χ2n) is 5.34. The molecule has 3 N–H and O–H groups in total. The molecule has 0 aliphatic heterocycles. The molecule has 134 valence electrons. The Labute approximate surface area is 143 Å². The molecule has 3 aromatic rings. The molecule has 0 spiro atoms. The molecule has 0 amide bonds. The number of nitrogens with two attached hydrogens (primary N) is 1. The molecule has 0 saturated carbocycles. The van der Waals surface area contributed by atoms with Gasteiger partial charge in [-0.15, -0.1) is 0 Å². The number of benzene rings is 2. The van der Waals surface area contributed by atoms with Crippen molar-refractivity contribution in [1.29, 1.82) is 0 Å². The lowest BCUT2D eigenvalue weighted by Crippen LogP contribution is -2.19. The Kier molecular flexibility index (Phi) is 4.07. The van der Waals surface area contributed by atoms with Crippen LogP contribution in [0.15, 0.2) is 35.3 Å². The van der Waals surface area contributed by atoms with E-state index < -0.39 is 34.4 Å². The van der Waals surface area contributed by atoms with E-state index in [4.69, 9.17) is 10.5 Å². The lowest BCUT2D eigenvalue weighted by Gasteiger charge is -2.17. The van der Waals surface area contributed by atoms with E-state index in [1.807, 2.05) is 0 Å². The molecule has 0 aliphatic carbocycles. The van der Waals surface area contributed by atoms with Crippen LogP contribution in [0.3, 0.4) is 0 Å². The van der Waals surface area contributed by atoms with Crippen LogP contribution in [-0.2, 0) is 0 Å². The molecular weight excluding hydrogens is 353 g/mol. The minimum Gasteiger partial charge on any atom is -0.492 e. The highest BCUT2D eigenvalue weighted by Gasteiger charge is 2.21. The van der Waals surface area contributed by atoms with Crippen LogP contribution < -0.4 is 15.9 Å². The van der Waals surface area contributed by atoms with Crippen LogP contribution in [0.1, 0.15) is 10.4 Å². The maximum atomic E-state index is 13.7. The smallest absolute Gasteiger partial charge is 0.341 e. The number of aromatic nitrogens is 1. The number of methoxy groups -OCH3 is 1. The molecule has 0 unspecified atom stereocenters. The predicted molar refractivity (Wildman–Crippen MR) is 87.3 cm³/mol. The number of pyridine rings is 1. The average Bonchev–Trinajstić information content (AvgIpc) is 2.59. The van der Waals surface area contributed by atoms with Gasteiger partial charge >= 0.3 is 5.97 Å². The van der Waals surface area contributed by atoms with Gasteiger partial charge in [-0.2, -0.15) is 0 Å². The maximum absolute atomic E-state index is 13.7. The Hall–Kier alpha value is -3.49. The van der Waals surface area contributed by atoms with Crippen molar-refractivity contribution < 1.29 is 27.8 Å². The van der Waals surface area contributed by atoms with E-state index in [0.29, 0.717) is 6.07 Å². The van der Waals surface area contributed by atoms with Crippen molar-refractivity contribution in [2.75, 3.05) is 12.8 Å². The number of carbonyl (C=O) groups is 1. The third-order valence-electron chi connectivity index (χ3n) is 3.86. The van der Waals surface area contributed by atoms with Crippen molar-refractivity contribution in [2.24, 2.45) is 0 Å². The van der Waals surface area contributed by atoms with Gasteiger partial charge in [-0.1, -0.05) is 0 Å². The van der Waals surface area contributed by atoms with E-state index in [0.717, 1.165) is 22.9 Å². The number of hydrogen-bond acceptors (Lipinski definition) is 4. The minimum atomic E-state index is -1.57. The molecule has 0 aliphatic rings. The molecule has 0 fully saturated rings. The van der Waals surface area contributed by atoms with Crippen molar-refractivity contribution in [3.05, 3.63) is 63.7 Å². The van der Waals surface area contributed by atoms with Crippen molar-refractivity contribution >= 4 is 22.6 Å². The number of nitrogen functional groups attached to an aromatic ring is 1. The van der Waals surface area contributed by atoms with Crippen molar-refractivity contribution in [3.63, 3.8) is 0 Å². The van der Waals surface area contributed by atoms with E-state index in [1.54, 1.807) is 0 Å². The number of nitrogens with zero attached hydrogens (tertiary/aromatic N) is 1. The Bertz CT molecular complexity index is 1130. The molecule has 1 heterocycles. The standard InChI is InChI=1S/C17H11F3N2O4/c1-26-16-12(3-2-9(18)14(16)21)22-6-8(17(24)25)15(23)7-4-10(19)11(20)5-13(7)22/h2-6H,21H2,1H3,(H,24,25). The number of aromatic carboxylic acids is 1. The average molecular weight is 364 g/mol. The first-order valence-electron chi connectivity index (χ1n) is 7.16. The molecule has 0 atom stereocenters. The molecule has 9 heteroatoms. The molecule has 0 bridgehead atoms. The van der Waals surface area contributed by atoms with Crippen molar-refractivity contribution in [1.82, 2.24) is 4.57 Å². The van der Waals surface area contributed by atoms with E-state index in [2.05, 4.69) is 0 Å². The van der Waals surface area contributed by atoms with Gasteiger partial charge in [0.05, 0.1) is 23.7 Å². The zero-order valence-corrected chi connectivity index (χ0v) is 13.2. The summed E-state index contributed by atoms with van der Waals surface area (Å²) in [6.45, 7) is 0. The fourth-order valence-electron chi connectivity index (χ4n) is 2.64. The number of rotatable bonds is 3. The molecule has 0 radical (unpaired) electrons. The normalized spacial score (nSPS) is 10.9. The van der Waals surface area contributed by atoms with Gasteiger partial charge in [-0.25, -0.2) is 18.0 Å². The van der Waals surface area contributed by atoms with E-state index in [-0.39, 0.29) is 28.0 Å². The Morgan fingerprint density at radius 2 is 1.81 bits per heavy atom. The predicted octanol–water partition coefficient (Wildman–Crippen LogP) is 2.70. The van der Waals surface area contributed by atoms with Gasteiger partial charge in [0.25, 0.3) is 0 Å². The van der Waals surface area contributed by atoms with Gasteiger partial charge < -0.3 is 20.1 Å². The van der Waals surface area contributed by atoms with Gasteiger partial charge in [-0.05, 0) is 18.2 Å². The Balaban J connectivity index is 2.53. The van der Waals surface area contributed by atoms with Crippen molar-refractivity contribution in [3.8, 4) is 11.4 Å². The summed E-state index contributed by atoms with van der Waals surface area (Å²) in [5.74, 6) is -5.07. The third kappa shape index (κ3) is 2.53. The molecule has 3 rings (SSSR count). The van der Waals surface area contributed by atoms with Crippen LogP contribution in [0.5, 0.6) is 5.75 Å². The van der Waals surface area contributed by atoms with Crippen LogP contribution in [-0.4, -0.2) is 22.8 Å². The summed E-state index contributed by atoms with van der Waals surface area (Å²) in [7, 11) is 1.21.